The Bertz CT molecular complexity index is 1100. The number of benzene rings is 1. The molecule has 35 heavy (non-hydrogen) atoms. The van der Waals surface area contributed by atoms with Gasteiger partial charge in [0.1, 0.15) is 0 Å². The Balaban J connectivity index is 1.45. The molecule has 0 radical (unpaired) electrons. The van der Waals surface area contributed by atoms with Crippen molar-refractivity contribution in [2.45, 2.75) is 44.8 Å². The van der Waals surface area contributed by atoms with E-state index in [1.165, 1.54) is 22.4 Å². The SMILES string of the molecule is CC1=CC(C)(C)N(C)c2ccc([C@H]3[C@@H](c4ccccn4)NC(=S)N3CCCN3CCOCC3)cc21. The summed E-state index contributed by atoms with van der Waals surface area (Å²) in [5.41, 5.74) is 6.21. The highest BCUT2D eigenvalue weighted by atomic mass is 32.1. The van der Waals surface area contributed by atoms with Crippen molar-refractivity contribution >= 4 is 28.6 Å². The number of nitrogens with zero attached hydrogens (tertiary/aromatic N) is 4. The van der Waals surface area contributed by atoms with Crippen LogP contribution in [0.3, 0.4) is 0 Å². The Morgan fingerprint density at radius 1 is 1.14 bits per heavy atom. The minimum atomic E-state index is -0.00288. The Morgan fingerprint density at radius 2 is 1.94 bits per heavy atom. The van der Waals surface area contributed by atoms with Gasteiger partial charge in [-0.2, -0.15) is 0 Å². The van der Waals surface area contributed by atoms with Gasteiger partial charge in [0.15, 0.2) is 5.11 Å². The lowest BCUT2D eigenvalue weighted by Crippen LogP contribution is -2.42. The van der Waals surface area contributed by atoms with Crippen molar-refractivity contribution in [1.29, 1.82) is 0 Å². The number of likely N-dealkylation sites (N-methyl/N-ethyl adjacent to an activating group) is 1. The van der Waals surface area contributed by atoms with Crippen molar-refractivity contribution in [3.63, 3.8) is 0 Å². The molecule has 0 saturated carbocycles. The zero-order chi connectivity index (χ0) is 24.6. The number of fused-ring (bicyclic) bond motifs is 1. The lowest BCUT2D eigenvalue weighted by molar-refractivity contribution is 0.0365. The highest BCUT2D eigenvalue weighted by molar-refractivity contribution is 7.80. The molecular weight excluding hydrogens is 454 g/mol. The van der Waals surface area contributed by atoms with E-state index in [0.717, 1.165) is 56.6 Å². The van der Waals surface area contributed by atoms with Crippen LogP contribution in [0.5, 0.6) is 0 Å². The number of ether oxygens (including phenoxy) is 1. The summed E-state index contributed by atoms with van der Waals surface area (Å²) in [5.74, 6) is 0. The van der Waals surface area contributed by atoms with Crippen molar-refractivity contribution in [3.05, 3.63) is 65.5 Å². The maximum atomic E-state index is 5.89. The molecule has 4 heterocycles. The van der Waals surface area contributed by atoms with Gasteiger partial charge >= 0.3 is 0 Å². The fourth-order valence-electron chi connectivity index (χ4n) is 5.66. The second kappa shape index (κ2) is 9.88. The van der Waals surface area contributed by atoms with Crippen molar-refractivity contribution in [2.75, 3.05) is 51.3 Å². The van der Waals surface area contributed by atoms with Crippen molar-refractivity contribution < 1.29 is 4.74 Å². The molecule has 2 fully saturated rings. The number of rotatable bonds is 6. The number of morpholine rings is 1. The first kappa shape index (κ1) is 24.2. The Labute approximate surface area is 215 Å². The van der Waals surface area contributed by atoms with Crippen LogP contribution in [-0.2, 0) is 4.74 Å². The van der Waals surface area contributed by atoms with Crippen molar-refractivity contribution in [1.82, 2.24) is 20.1 Å². The van der Waals surface area contributed by atoms with Crippen LogP contribution in [0.4, 0.5) is 5.69 Å². The number of allylic oxidation sites excluding steroid dienone is 1. The number of hydrogen-bond donors (Lipinski definition) is 1. The quantitative estimate of drug-likeness (QED) is 0.601. The van der Waals surface area contributed by atoms with E-state index in [9.17, 15) is 0 Å². The summed E-state index contributed by atoms with van der Waals surface area (Å²) in [6.45, 7) is 12.4. The predicted molar refractivity (Wildman–Crippen MR) is 147 cm³/mol. The third-order valence-electron chi connectivity index (χ3n) is 7.76. The standard InChI is InChI=1S/C28H37N5OS/c1-20-19-28(2,3)31(4)24-10-9-21(18-22(20)24)26-25(23-8-5-6-11-29-23)30-27(35)33(26)13-7-12-32-14-16-34-17-15-32/h5-6,8-11,18-19,25-26H,7,12-17H2,1-4H3,(H,30,35)/t25-,26+/m1/s1. The lowest BCUT2D eigenvalue weighted by atomic mass is 9.86. The molecule has 0 spiro atoms. The average molecular weight is 492 g/mol. The van der Waals surface area contributed by atoms with Crippen LogP contribution < -0.4 is 10.2 Å². The van der Waals surface area contributed by atoms with Crippen LogP contribution in [0.1, 0.15) is 56.1 Å². The average Bonchev–Trinajstić information content (AvgIpc) is 3.19. The number of thiocarbonyl (C=S) groups is 1. The molecular formula is C28H37N5OS. The van der Waals surface area contributed by atoms with E-state index < -0.39 is 0 Å². The molecule has 186 valence electrons. The zero-order valence-corrected chi connectivity index (χ0v) is 22.1. The Morgan fingerprint density at radius 3 is 2.69 bits per heavy atom. The first-order valence-corrected chi connectivity index (χ1v) is 13.1. The summed E-state index contributed by atoms with van der Waals surface area (Å²) >= 11 is 5.89. The summed E-state index contributed by atoms with van der Waals surface area (Å²) in [7, 11) is 2.18. The maximum Gasteiger partial charge on any atom is 0.170 e. The van der Waals surface area contributed by atoms with Crippen molar-refractivity contribution in [3.8, 4) is 0 Å². The summed E-state index contributed by atoms with van der Waals surface area (Å²) < 4.78 is 5.51. The normalized spacial score (nSPS) is 24.2. The molecule has 0 aliphatic carbocycles. The van der Waals surface area contributed by atoms with Gasteiger partial charge in [-0.3, -0.25) is 9.88 Å². The van der Waals surface area contributed by atoms with E-state index in [0.29, 0.717) is 0 Å². The first-order valence-electron chi connectivity index (χ1n) is 12.7. The Kier molecular flexibility index (Phi) is 6.84. The summed E-state index contributed by atoms with van der Waals surface area (Å²) in [6, 6.07) is 13.2. The molecule has 0 bridgehead atoms. The van der Waals surface area contributed by atoms with Crippen LogP contribution >= 0.6 is 12.2 Å². The van der Waals surface area contributed by atoms with Crippen molar-refractivity contribution in [2.24, 2.45) is 0 Å². The van der Waals surface area contributed by atoms with Crippen LogP contribution in [0.25, 0.3) is 5.57 Å². The van der Waals surface area contributed by atoms with Gasteiger partial charge in [-0.1, -0.05) is 18.2 Å². The van der Waals surface area contributed by atoms with Gasteiger partial charge in [-0.25, -0.2) is 0 Å². The van der Waals surface area contributed by atoms with Gasteiger partial charge < -0.3 is 19.9 Å². The second-order valence-corrected chi connectivity index (χ2v) is 10.8. The lowest BCUT2D eigenvalue weighted by Gasteiger charge is -2.41. The third-order valence-corrected chi connectivity index (χ3v) is 8.11. The topological polar surface area (TPSA) is 43.9 Å². The van der Waals surface area contributed by atoms with Crippen LogP contribution in [0, 0.1) is 0 Å². The monoisotopic (exact) mass is 491 g/mol. The van der Waals surface area contributed by atoms with Crippen LogP contribution in [0.15, 0.2) is 48.7 Å². The summed E-state index contributed by atoms with van der Waals surface area (Å²) in [4.78, 5) is 11.9. The van der Waals surface area contributed by atoms with E-state index in [2.05, 4.69) is 84.2 Å². The van der Waals surface area contributed by atoms with Gasteiger partial charge in [0.25, 0.3) is 0 Å². The van der Waals surface area contributed by atoms with Gasteiger partial charge in [0, 0.05) is 50.7 Å². The molecule has 2 aromatic rings. The minimum absolute atomic E-state index is 0.00288. The van der Waals surface area contributed by atoms with Gasteiger partial charge in [0.05, 0.1) is 36.5 Å². The smallest absolute Gasteiger partial charge is 0.170 e. The fraction of sp³-hybridized carbons (Fsp3) is 0.500. The van der Waals surface area contributed by atoms with Crippen LogP contribution in [0.2, 0.25) is 0 Å². The predicted octanol–water partition coefficient (Wildman–Crippen LogP) is 4.41. The molecule has 5 rings (SSSR count). The largest absolute Gasteiger partial charge is 0.379 e. The number of pyridine rings is 1. The number of anilines is 1. The molecule has 3 aliphatic rings. The summed E-state index contributed by atoms with van der Waals surface area (Å²) in [6.07, 6.45) is 5.30. The van der Waals surface area contributed by atoms with Gasteiger partial charge in [-0.05, 0) is 74.8 Å². The molecule has 0 amide bonds. The molecule has 6 nitrogen and oxygen atoms in total. The molecule has 1 aromatic carbocycles. The van der Waals surface area contributed by atoms with Gasteiger partial charge in [-0.15, -0.1) is 0 Å². The first-order chi connectivity index (χ1) is 16.8. The number of aromatic nitrogens is 1. The molecule has 2 saturated heterocycles. The van der Waals surface area contributed by atoms with E-state index in [-0.39, 0.29) is 17.6 Å². The van der Waals surface area contributed by atoms with Gasteiger partial charge in [0.2, 0.25) is 0 Å². The van der Waals surface area contributed by atoms with Crippen LogP contribution in [-0.4, -0.2) is 71.9 Å². The Hall–Kier alpha value is -2.48. The zero-order valence-electron chi connectivity index (χ0n) is 21.3. The molecule has 1 aromatic heterocycles. The van der Waals surface area contributed by atoms with E-state index >= 15 is 0 Å². The third kappa shape index (κ3) is 4.82. The van der Waals surface area contributed by atoms with E-state index in [1.54, 1.807) is 0 Å². The maximum absolute atomic E-state index is 5.89. The number of hydrogen-bond acceptors (Lipinski definition) is 5. The molecule has 1 N–H and O–H groups in total. The second-order valence-electron chi connectivity index (χ2n) is 10.4. The fourth-order valence-corrected chi connectivity index (χ4v) is 5.99. The molecule has 2 atom stereocenters. The highest BCUT2D eigenvalue weighted by Gasteiger charge is 2.40. The highest BCUT2D eigenvalue weighted by Crippen LogP contribution is 2.43. The van der Waals surface area contributed by atoms with E-state index in [4.69, 9.17) is 21.9 Å². The number of nitrogens with one attached hydrogen (secondary N) is 1. The summed E-state index contributed by atoms with van der Waals surface area (Å²) in [5, 5.41) is 4.42. The molecule has 3 aliphatic heterocycles. The molecule has 7 heteroatoms. The molecule has 0 unspecified atom stereocenters. The minimum Gasteiger partial charge on any atom is -0.379 e. The van der Waals surface area contributed by atoms with E-state index in [1.807, 2.05) is 12.3 Å².